The Morgan fingerprint density at radius 2 is 2.05 bits per heavy atom. The molecule has 5 nitrogen and oxygen atoms in total. The van der Waals surface area contributed by atoms with Crippen LogP contribution in [0.5, 0.6) is 0 Å². The second kappa shape index (κ2) is 5.02. The molecule has 0 fully saturated rings. The Labute approximate surface area is 128 Å². The maximum absolute atomic E-state index is 12.2. The summed E-state index contributed by atoms with van der Waals surface area (Å²) < 4.78 is 1.78. The van der Waals surface area contributed by atoms with E-state index in [9.17, 15) is 4.79 Å². The van der Waals surface area contributed by atoms with E-state index in [4.69, 9.17) is 5.73 Å². The number of anilines is 1. The van der Waals surface area contributed by atoms with E-state index in [1.807, 2.05) is 30.3 Å². The number of nitrogens with zero attached hydrogens (tertiary/aromatic N) is 2. The van der Waals surface area contributed by atoms with Crippen molar-refractivity contribution >= 4 is 16.9 Å². The highest BCUT2D eigenvalue weighted by atomic mass is 16.1. The fourth-order valence-corrected chi connectivity index (χ4v) is 2.62. The summed E-state index contributed by atoms with van der Waals surface area (Å²) in [7, 11) is 0. The van der Waals surface area contributed by atoms with E-state index < -0.39 is 0 Å². The minimum atomic E-state index is -0.0822. The number of aromatic amines is 1. The Balaban J connectivity index is 2.13. The Morgan fingerprint density at radius 1 is 1.27 bits per heavy atom. The van der Waals surface area contributed by atoms with E-state index >= 15 is 0 Å². The quantitative estimate of drug-likeness (QED) is 0.763. The molecule has 0 atom stereocenters. The maximum atomic E-state index is 12.2. The van der Waals surface area contributed by atoms with Crippen molar-refractivity contribution in [3.8, 4) is 11.1 Å². The smallest absolute Gasteiger partial charge is 0.326 e. The molecule has 0 aliphatic carbocycles. The Hall–Kier alpha value is -2.56. The van der Waals surface area contributed by atoms with Crippen molar-refractivity contribution in [3.63, 3.8) is 0 Å². The highest BCUT2D eigenvalue weighted by molar-refractivity contribution is 5.84. The molecule has 0 saturated carbocycles. The predicted octanol–water partition coefficient (Wildman–Crippen LogP) is 3.02. The van der Waals surface area contributed by atoms with E-state index in [2.05, 4.69) is 30.7 Å². The average molecular weight is 296 g/mol. The molecule has 0 spiro atoms. The number of fused-ring (bicyclic) bond motifs is 1. The van der Waals surface area contributed by atoms with Crippen molar-refractivity contribution in [1.29, 1.82) is 0 Å². The van der Waals surface area contributed by atoms with Gasteiger partial charge in [-0.25, -0.2) is 9.78 Å². The van der Waals surface area contributed by atoms with Crippen LogP contribution in [0.2, 0.25) is 0 Å². The van der Waals surface area contributed by atoms with Gasteiger partial charge in [0.25, 0.3) is 0 Å². The minimum Gasteiger partial charge on any atom is -0.383 e. The van der Waals surface area contributed by atoms with Crippen molar-refractivity contribution in [2.45, 2.75) is 27.3 Å². The zero-order valence-electron chi connectivity index (χ0n) is 13.1. The second-order valence-electron chi connectivity index (χ2n) is 6.75. The van der Waals surface area contributed by atoms with Crippen LogP contribution in [0.15, 0.2) is 41.3 Å². The largest absolute Gasteiger partial charge is 0.383 e. The lowest BCUT2D eigenvalue weighted by Gasteiger charge is -2.18. The van der Waals surface area contributed by atoms with Gasteiger partial charge in [-0.1, -0.05) is 26.8 Å². The first-order valence-corrected chi connectivity index (χ1v) is 7.28. The molecule has 1 aromatic carbocycles. The lowest BCUT2D eigenvalue weighted by Crippen LogP contribution is -2.24. The summed E-state index contributed by atoms with van der Waals surface area (Å²) in [5.74, 6) is 0.485. The van der Waals surface area contributed by atoms with Gasteiger partial charge in [0, 0.05) is 18.3 Å². The molecule has 0 aliphatic heterocycles. The minimum absolute atomic E-state index is 0.0331. The molecule has 3 rings (SSSR count). The molecule has 5 heteroatoms. The van der Waals surface area contributed by atoms with Gasteiger partial charge in [0.05, 0.1) is 11.0 Å². The van der Waals surface area contributed by atoms with Gasteiger partial charge in [0.1, 0.15) is 5.82 Å². The molecule has 0 aliphatic rings. The lowest BCUT2D eigenvalue weighted by atomic mass is 9.97. The SMILES string of the molecule is CC(C)(C)Cn1c(=O)[nH]c2cc(-c3cccnc3N)ccc21. The molecule has 2 heterocycles. The van der Waals surface area contributed by atoms with Gasteiger partial charge >= 0.3 is 5.69 Å². The van der Waals surface area contributed by atoms with Gasteiger partial charge in [-0.05, 0) is 35.2 Å². The second-order valence-corrected chi connectivity index (χ2v) is 6.75. The van der Waals surface area contributed by atoms with Crippen LogP contribution in [-0.4, -0.2) is 14.5 Å². The zero-order chi connectivity index (χ0) is 15.9. The lowest BCUT2D eigenvalue weighted by molar-refractivity contribution is 0.344. The van der Waals surface area contributed by atoms with Crippen molar-refractivity contribution in [1.82, 2.24) is 14.5 Å². The Kier molecular flexibility index (Phi) is 3.28. The predicted molar refractivity (Wildman–Crippen MR) is 89.7 cm³/mol. The molecule has 0 radical (unpaired) electrons. The number of hydrogen-bond acceptors (Lipinski definition) is 3. The van der Waals surface area contributed by atoms with Crippen molar-refractivity contribution in [2.24, 2.45) is 5.41 Å². The Bertz CT molecular complexity index is 884. The van der Waals surface area contributed by atoms with Crippen LogP contribution in [0.25, 0.3) is 22.2 Å². The number of imidazole rings is 1. The van der Waals surface area contributed by atoms with E-state index in [1.165, 1.54) is 0 Å². The summed E-state index contributed by atoms with van der Waals surface area (Å²) in [4.78, 5) is 19.2. The monoisotopic (exact) mass is 296 g/mol. The highest BCUT2D eigenvalue weighted by Crippen LogP contribution is 2.27. The van der Waals surface area contributed by atoms with Crippen LogP contribution >= 0.6 is 0 Å². The number of nitrogens with one attached hydrogen (secondary N) is 1. The number of pyridine rings is 1. The van der Waals surface area contributed by atoms with Gasteiger partial charge in [-0.3, -0.25) is 4.57 Å². The number of nitrogens with two attached hydrogens (primary N) is 1. The average Bonchev–Trinajstić information content (AvgIpc) is 2.73. The molecule has 3 N–H and O–H groups in total. The fraction of sp³-hybridized carbons (Fsp3) is 0.294. The van der Waals surface area contributed by atoms with E-state index in [0.717, 1.165) is 22.2 Å². The van der Waals surface area contributed by atoms with Gasteiger partial charge < -0.3 is 10.7 Å². The third-order valence-corrected chi connectivity index (χ3v) is 3.56. The highest BCUT2D eigenvalue weighted by Gasteiger charge is 2.16. The first-order chi connectivity index (χ1) is 10.3. The molecule has 3 aromatic rings. The third kappa shape index (κ3) is 2.62. The summed E-state index contributed by atoms with van der Waals surface area (Å²) in [6, 6.07) is 9.66. The summed E-state index contributed by atoms with van der Waals surface area (Å²) in [5.41, 5.74) is 9.42. The van der Waals surface area contributed by atoms with E-state index in [-0.39, 0.29) is 11.1 Å². The third-order valence-electron chi connectivity index (χ3n) is 3.56. The van der Waals surface area contributed by atoms with Crippen LogP contribution in [0.1, 0.15) is 20.8 Å². The van der Waals surface area contributed by atoms with E-state index in [1.54, 1.807) is 10.8 Å². The van der Waals surface area contributed by atoms with Gasteiger partial charge in [0.2, 0.25) is 0 Å². The first-order valence-electron chi connectivity index (χ1n) is 7.28. The van der Waals surface area contributed by atoms with Crippen molar-refractivity contribution in [2.75, 3.05) is 5.73 Å². The fourth-order valence-electron chi connectivity index (χ4n) is 2.62. The van der Waals surface area contributed by atoms with Crippen LogP contribution < -0.4 is 11.4 Å². The number of aromatic nitrogens is 3. The molecule has 22 heavy (non-hydrogen) atoms. The maximum Gasteiger partial charge on any atom is 0.326 e. The summed E-state index contributed by atoms with van der Waals surface area (Å²) >= 11 is 0. The number of rotatable bonds is 2. The van der Waals surface area contributed by atoms with Crippen molar-refractivity contribution < 1.29 is 0 Å². The topological polar surface area (TPSA) is 76.7 Å². The molecule has 0 unspecified atom stereocenters. The van der Waals surface area contributed by atoms with E-state index in [0.29, 0.717) is 12.4 Å². The molecule has 0 amide bonds. The molecule has 114 valence electrons. The van der Waals surface area contributed by atoms with Crippen LogP contribution in [0.3, 0.4) is 0 Å². The molecule has 0 bridgehead atoms. The zero-order valence-corrected chi connectivity index (χ0v) is 13.1. The Morgan fingerprint density at radius 3 is 2.73 bits per heavy atom. The number of H-pyrrole nitrogens is 1. The van der Waals surface area contributed by atoms with Crippen LogP contribution in [0.4, 0.5) is 5.82 Å². The molecule has 0 saturated heterocycles. The number of nitrogen functional groups attached to an aromatic ring is 1. The number of hydrogen-bond donors (Lipinski definition) is 2. The molecule has 2 aromatic heterocycles. The summed E-state index contributed by atoms with van der Waals surface area (Å²) in [6.07, 6.45) is 1.67. The first kappa shape index (κ1) is 14.4. The van der Waals surface area contributed by atoms with Crippen molar-refractivity contribution in [3.05, 3.63) is 47.0 Å². The van der Waals surface area contributed by atoms with Crippen LogP contribution in [0, 0.1) is 5.41 Å². The summed E-state index contributed by atoms with van der Waals surface area (Å²) in [6.45, 7) is 7.01. The number of benzene rings is 1. The molecular formula is C17H20N4O. The van der Waals surface area contributed by atoms with Gasteiger partial charge in [0.15, 0.2) is 0 Å². The standard InChI is InChI=1S/C17H20N4O/c1-17(2,3)10-21-14-7-6-11(9-13(14)20-16(21)22)12-5-4-8-19-15(12)18/h4-9H,10H2,1-3H3,(H2,18,19)(H,20,22). The molecular weight excluding hydrogens is 276 g/mol. The van der Waals surface area contributed by atoms with Gasteiger partial charge in [-0.15, -0.1) is 0 Å². The van der Waals surface area contributed by atoms with Crippen LogP contribution in [-0.2, 0) is 6.54 Å². The summed E-state index contributed by atoms with van der Waals surface area (Å²) in [5, 5.41) is 0. The van der Waals surface area contributed by atoms with Gasteiger partial charge in [-0.2, -0.15) is 0 Å². The normalized spacial score (nSPS) is 12.0.